The summed E-state index contributed by atoms with van der Waals surface area (Å²) in [6, 6.07) is 0. The minimum absolute atomic E-state index is 0.0876. The van der Waals surface area contributed by atoms with Crippen LogP contribution in [0.5, 0.6) is 0 Å². The van der Waals surface area contributed by atoms with Crippen LogP contribution in [-0.4, -0.2) is 55.6 Å². The Morgan fingerprint density at radius 1 is 1.08 bits per heavy atom. The fraction of sp³-hybridized carbons (Fsp3) is 0.750. The van der Waals surface area contributed by atoms with E-state index in [2.05, 4.69) is 5.32 Å². The second-order valence-electron chi connectivity index (χ2n) is 7.45. The van der Waals surface area contributed by atoms with Crippen molar-refractivity contribution in [2.45, 2.75) is 59.2 Å². The third-order valence-corrected chi connectivity index (χ3v) is 2.06. The highest BCUT2D eigenvalue weighted by Gasteiger charge is 2.19. The van der Waals surface area contributed by atoms with Crippen LogP contribution in [0.2, 0.25) is 0 Å². The van der Waals surface area contributed by atoms with E-state index in [1.807, 2.05) is 0 Å². The molecule has 154 valence electrons. The number of hydrogen-bond acceptors (Lipinski definition) is 7. The number of esters is 1. The lowest BCUT2D eigenvalue weighted by atomic mass is 10.1. The van der Waals surface area contributed by atoms with Gasteiger partial charge in [0.25, 0.3) is 10.1 Å². The van der Waals surface area contributed by atoms with Crippen molar-refractivity contribution in [3.05, 3.63) is 11.6 Å². The zero-order valence-corrected chi connectivity index (χ0v) is 17.4. The van der Waals surface area contributed by atoms with E-state index in [1.54, 1.807) is 47.6 Å². The Bertz CT molecular complexity index is 577. The predicted molar refractivity (Wildman–Crippen MR) is 99.3 cm³/mol. The highest BCUT2D eigenvalue weighted by molar-refractivity contribution is 7.85. The van der Waals surface area contributed by atoms with Gasteiger partial charge in [0.1, 0.15) is 11.2 Å². The van der Waals surface area contributed by atoms with Gasteiger partial charge in [0.2, 0.25) is 0 Å². The number of nitrogens with two attached hydrogens (primary N) is 1. The molecule has 0 unspecified atom stereocenters. The summed E-state index contributed by atoms with van der Waals surface area (Å²) in [4.78, 5) is 23.3. The minimum atomic E-state index is -3.67. The van der Waals surface area contributed by atoms with Crippen molar-refractivity contribution in [2.75, 3.05) is 19.3 Å². The van der Waals surface area contributed by atoms with Crippen LogP contribution in [0.3, 0.4) is 0 Å². The molecule has 0 spiro atoms. The van der Waals surface area contributed by atoms with Crippen molar-refractivity contribution in [3.63, 3.8) is 0 Å². The van der Waals surface area contributed by atoms with Gasteiger partial charge in [0.15, 0.2) is 0 Å². The molecule has 0 saturated carbocycles. The lowest BCUT2D eigenvalue weighted by Gasteiger charge is -2.21. The van der Waals surface area contributed by atoms with E-state index in [1.165, 1.54) is 0 Å². The Hall–Kier alpha value is -1.65. The van der Waals surface area contributed by atoms with Crippen LogP contribution < -0.4 is 11.1 Å². The molecule has 0 aromatic heterocycles. The molecule has 0 radical (unpaired) electrons. The number of carbonyl (C=O) groups excluding carboxylic acids is 2. The van der Waals surface area contributed by atoms with E-state index in [9.17, 15) is 18.0 Å². The summed E-state index contributed by atoms with van der Waals surface area (Å²) in [5, 5.41) is 2.60. The van der Waals surface area contributed by atoms with Gasteiger partial charge in [0.05, 0.1) is 12.7 Å². The van der Waals surface area contributed by atoms with Crippen LogP contribution in [0.4, 0.5) is 4.79 Å². The average molecular weight is 397 g/mol. The first-order valence-corrected chi connectivity index (χ1v) is 9.77. The molecule has 9 nitrogen and oxygen atoms in total. The van der Waals surface area contributed by atoms with Gasteiger partial charge < -0.3 is 20.5 Å². The molecule has 0 aliphatic rings. The predicted octanol–water partition coefficient (Wildman–Crippen LogP) is 1.63. The van der Waals surface area contributed by atoms with Gasteiger partial charge in [0, 0.05) is 13.1 Å². The van der Waals surface area contributed by atoms with Crippen molar-refractivity contribution >= 4 is 22.2 Å². The zero-order chi connectivity index (χ0) is 21.2. The maximum absolute atomic E-state index is 11.8. The topological polar surface area (TPSA) is 145 Å². The lowest BCUT2D eigenvalue weighted by Crippen LogP contribution is -2.34. The number of amides is 1. The highest BCUT2D eigenvalue weighted by Crippen LogP contribution is 2.11. The molecule has 0 aliphatic heterocycles. The molecule has 0 aliphatic carbocycles. The van der Waals surface area contributed by atoms with Crippen molar-refractivity contribution < 1.29 is 32.0 Å². The van der Waals surface area contributed by atoms with E-state index < -0.39 is 27.4 Å². The van der Waals surface area contributed by atoms with Crippen LogP contribution in [0.1, 0.15) is 48.0 Å². The lowest BCUT2D eigenvalue weighted by molar-refractivity contribution is -0.153. The molecule has 0 heterocycles. The van der Waals surface area contributed by atoms with E-state index in [0.717, 1.165) is 0 Å². The maximum Gasteiger partial charge on any atom is 0.407 e. The highest BCUT2D eigenvalue weighted by atomic mass is 32.2. The summed E-state index contributed by atoms with van der Waals surface area (Å²) in [6.45, 7) is 11.2. The molecule has 0 atom stereocenters. The molecular weight excluding hydrogens is 364 g/mol. The molecule has 0 aromatic carbocycles. The van der Waals surface area contributed by atoms with Crippen molar-refractivity contribution in [1.29, 1.82) is 0 Å². The van der Waals surface area contributed by atoms with E-state index in [-0.39, 0.29) is 25.5 Å². The summed E-state index contributed by atoms with van der Waals surface area (Å²) >= 11 is 0. The number of hydrogen-bond donors (Lipinski definition) is 3. The Morgan fingerprint density at radius 2 is 1.50 bits per heavy atom. The number of ether oxygens (including phenoxy) is 2. The van der Waals surface area contributed by atoms with Crippen LogP contribution >= 0.6 is 0 Å². The first-order chi connectivity index (χ1) is 11.4. The fourth-order valence-electron chi connectivity index (χ4n) is 1.44. The standard InChI is InChI=1S/C15H28N2O4.CH4O3S/c1-14(2,3)20-12(18)9-11(7-8-16)10-17-13(19)21-15(4,5)6;1-5(2,3)4/h7H,8-10,16H2,1-6H3,(H,17,19);1H3,(H,2,3,4). The van der Waals surface area contributed by atoms with Gasteiger partial charge in [-0.25, -0.2) is 4.79 Å². The Kier molecular flexibility index (Phi) is 11.4. The largest absolute Gasteiger partial charge is 0.460 e. The smallest absolute Gasteiger partial charge is 0.407 e. The van der Waals surface area contributed by atoms with Gasteiger partial charge >= 0.3 is 12.1 Å². The third kappa shape index (κ3) is 24.6. The molecule has 0 fully saturated rings. The quantitative estimate of drug-likeness (QED) is 0.361. The summed E-state index contributed by atoms with van der Waals surface area (Å²) in [5.41, 5.74) is 5.06. The van der Waals surface area contributed by atoms with Crippen LogP contribution in [0.25, 0.3) is 0 Å². The third-order valence-electron chi connectivity index (χ3n) is 2.06. The SMILES string of the molecule is CC(C)(C)OC(=O)CC(=CCN)CNC(=O)OC(C)(C)C.CS(=O)(=O)O. The maximum atomic E-state index is 11.8. The van der Waals surface area contributed by atoms with Crippen molar-refractivity contribution in [2.24, 2.45) is 5.73 Å². The van der Waals surface area contributed by atoms with Crippen LogP contribution in [0, 0.1) is 0 Å². The molecule has 0 bridgehead atoms. The average Bonchev–Trinajstić information content (AvgIpc) is 2.29. The monoisotopic (exact) mass is 396 g/mol. The number of carbonyl (C=O) groups is 2. The molecule has 1 amide bonds. The molecule has 10 heteroatoms. The van der Waals surface area contributed by atoms with Crippen molar-refractivity contribution in [1.82, 2.24) is 5.32 Å². The van der Waals surface area contributed by atoms with Crippen LogP contribution in [-0.2, 0) is 24.4 Å². The van der Waals surface area contributed by atoms with Gasteiger partial charge in [-0.3, -0.25) is 9.35 Å². The van der Waals surface area contributed by atoms with Gasteiger partial charge in [-0.1, -0.05) is 6.08 Å². The minimum Gasteiger partial charge on any atom is -0.460 e. The molecular formula is C16H32N2O7S. The first-order valence-electron chi connectivity index (χ1n) is 7.92. The summed E-state index contributed by atoms with van der Waals surface area (Å²) in [7, 11) is -3.67. The number of alkyl carbamates (subject to hydrolysis) is 1. The molecule has 0 saturated heterocycles. The Balaban J connectivity index is 0. The summed E-state index contributed by atoms with van der Waals surface area (Å²) < 4.78 is 36.2. The zero-order valence-electron chi connectivity index (χ0n) is 16.6. The van der Waals surface area contributed by atoms with E-state index in [4.69, 9.17) is 19.8 Å². The second kappa shape index (κ2) is 11.1. The van der Waals surface area contributed by atoms with Crippen LogP contribution in [0.15, 0.2) is 11.6 Å². The molecule has 4 N–H and O–H groups in total. The normalized spacial score (nSPS) is 12.6. The van der Waals surface area contributed by atoms with E-state index in [0.29, 0.717) is 11.8 Å². The molecule has 26 heavy (non-hydrogen) atoms. The Morgan fingerprint density at radius 3 is 1.85 bits per heavy atom. The second-order valence-corrected chi connectivity index (χ2v) is 8.92. The van der Waals surface area contributed by atoms with Gasteiger partial charge in [-0.2, -0.15) is 8.42 Å². The number of rotatable bonds is 5. The Labute approximate surface area is 156 Å². The summed E-state index contributed by atoms with van der Waals surface area (Å²) in [5.74, 6) is -0.354. The molecule has 0 aromatic rings. The van der Waals surface area contributed by atoms with Gasteiger partial charge in [-0.05, 0) is 47.1 Å². The number of nitrogens with one attached hydrogen (secondary N) is 1. The fourth-order valence-corrected chi connectivity index (χ4v) is 1.44. The summed E-state index contributed by atoms with van der Waals surface area (Å²) in [6.07, 6.45) is 1.97. The van der Waals surface area contributed by atoms with Crippen molar-refractivity contribution in [3.8, 4) is 0 Å². The van der Waals surface area contributed by atoms with Gasteiger partial charge in [-0.15, -0.1) is 0 Å². The van der Waals surface area contributed by atoms with E-state index >= 15 is 0 Å². The first kappa shape index (κ1) is 26.6. The molecule has 0 rings (SSSR count).